The van der Waals surface area contributed by atoms with E-state index in [1.807, 2.05) is 31.2 Å². The van der Waals surface area contributed by atoms with E-state index >= 15 is 0 Å². The Bertz CT molecular complexity index is 715. The minimum absolute atomic E-state index is 0.0334. The lowest BCUT2D eigenvalue weighted by atomic mass is 10.1. The van der Waals surface area contributed by atoms with E-state index in [0.717, 1.165) is 11.3 Å². The molecule has 2 rings (SSSR count). The number of ether oxygens (including phenoxy) is 2. The van der Waals surface area contributed by atoms with Gasteiger partial charge in [0.05, 0.1) is 6.61 Å². The van der Waals surface area contributed by atoms with Crippen molar-refractivity contribution < 1.29 is 27.4 Å². The number of halogens is 3. The molecule has 0 aliphatic carbocycles. The fraction of sp³-hybridized carbons (Fsp3) is 0.316. The fourth-order valence-corrected chi connectivity index (χ4v) is 2.33. The Morgan fingerprint density at radius 1 is 1.08 bits per heavy atom. The highest BCUT2D eigenvalue weighted by atomic mass is 19.4. The van der Waals surface area contributed by atoms with Crippen molar-refractivity contribution >= 4 is 5.91 Å². The Morgan fingerprint density at radius 3 is 2.42 bits per heavy atom. The van der Waals surface area contributed by atoms with E-state index in [4.69, 9.17) is 4.74 Å². The lowest BCUT2D eigenvalue weighted by molar-refractivity contribution is -0.274. The van der Waals surface area contributed by atoms with Gasteiger partial charge in [0, 0.05) is 18.5 Å². The van der Waals surface area contributed by atoms with Crippen LogP contribution in [0.1, 0.15) is 24.5 Å². The van der Waals surface area contributed by atoms with Gasteiger partial charge in [0.25, 0.3) is 0 Å². The van der Waals surface area contributed by atoms with Crippen molar-refractivity contribution in [3.05, 3.63) is 59.7 Å². The van der Waals surface area contributed by atoms with E-state index in [9.17, 15) is 18.0 Å². The third kappa shape index (κ3) is 6.66. The monoisotopic (exact) mass is 367 g/mol. The largest absolute Gasteiger partial charge is 0.573 e. The fourth-order valence-electron chi connectivity index (χ4n) is 2.33. The zero-order valence-corrected chi connectivity index (χ0v) is 14.3. The first-order chi connectivity index (χ1) is 12.4. The Balaban J connectivity index is 1.83. The van der Waals surface area contributed by atoms with Gasteiger partial charge in [-0.2, -0.15) is 0 Å². The molecule has 0 saturated heterocycles. The van der Waals surface area contributed by atoms with Crippen molar-refractivity contribution in [2.45, 2.75) is 32.7 Å². The zero-order valence-electron chi connectivity index (χ0n) is 14.3. The molecule has 2 aromatic carbocycles. The molecule has 0 heterocycles. The molecule has 140 valence electrons. The Hall–Kier alpha value is -2.70. The molecule has 0 spiro atoms. The minimum Gasteiger partial charge on any atom is -0.494 e. The number of carbonyl (C=O) groups excluding carboxylic acids is 1. The smallest absolute Gasteiger partial charge is 0.494 e. The van der Waals surface area contributed by atoms with Crippen LogP contribution >= 0.6 is 0 Å². The number of alkyl halides is 3. The molecule has 7 heteroatoms. The average Bonchev–Trinajstić information content (AvgIpc) is 2.59. The third-order valence-corrected chi connectivity index (χ3v) is 3.55. The maximum atomic E-state index is 12.4. The number of hydrogen-bond donors (Lipinski definition) is 1. The average molecular weight is 367 g/mol. The highest BCUT2D eigenvalue weighted by Crippen LogP contribution is 2.26. The molecule has 26 heavy (non-hydrogen) atoms. The van der Waals surface area contributed by atoms with E-state index in [1.165, 1.54) is 18.2 Å². The number of benzene rings is 2. The predicted molar refractivity (Wildman–Crippen MR) is 90.9 cm³/mol. The molecule has 0 aliphatic heterocycles. The molecule has 0 atom stereocenters. The van der Waals surface area contributed by atoms with Gasteiger partial charge in [0.2, 0.25) is 5.91 Å². The van der Waals surface area contributed by atoms with E-state index in [2.05, 4.69) is 10.1 Å². The van der Waals surface area contributed by atoms with Gasteiger partial charge in [-0.25, -0.2) is 0 Å². The van der Waals surface area contributed by atoms with Crippen LogP contribution in [-0.4, -0.2) is 18.9 Å². The van der Waals surface area contributed by atoms with Crippen LogP contribution in [0.5, 0.6) is 11.5 Å². The number of hydrogen-bond acceptors (Lipinski definition) is 3. The summed E-state index contributed by atoms with van der Waals surface area (Å²) in [5.41, 5.74) is 1.24. The van der Waals surface area contributed by atoms with Crippen molar-refractivity contribution in [3.63, 3.8) is 0 Å². The van der Waals surface area contributed by atoms with Gasteiger partial charge in [-0.3, -0.25) is 4.79 Å². The standard InChI is InChI=1S/C19H20F3NO3/c1-2-25-16-10-7-14(8-11-16)9-12-18(24)23-13-15-5-3-4-6-17(15)26-19(20,21)22/h3-8,10-11H,2,9,12-13H2,1H3,(H,23,24). The van der Waals surface area contributed by atoms with Gasteiger partial charge in [-0.1, -0.05) is 30.3 Å². The molecular formula is C19H20F3NO3. The summed E-state index contributed by atoms with van der Waals surface area (Å²) in [5.74, 6) is 0.203. The summed E-state index contributed by atoms with van der Waals surface area (Å²) in [6.45, 7) is 2.45. The highest BCUT2D eigenvalue weighted by molar-refractivity contribution is 5.76. The normalized spacial score (nSPS) is 11.1. The highest BCUT2D eigenvalue weighted by Gasteiger charge is 2.31. The Morgan fingerprint density at radius 2 is 1.77 bits per heavy atom. The van der Waals surface area contributed by atoms with Gasteiger partial charge < -0.3 is 14.8 Å². The van der Waals surface area contributed by atoms with Crippen LogP contribution in [0.25, 0.3) is 0 Å². The SMILES string of the molecule is CCOc1ccc(CCC(=O)NCc2ccccc2OC(F)(F)F)cc1. The van der Waals surface area contributed by atoms with Gasteiger partial charge in [0.1, 0.15) is 11.5 Å². The second-order valence-corrected chi connectivity index (χ2v) is 5.51. The van der Waals surface area contributed by atoms with Gasteiger partial charge in [0.15, 0.2) is 0 Å². The summed E-state index contributed by atoms with van der Waals surface area (Å²) in [5, 5.41) is 2.62. The maximum absolute atomic E-state index is 12.4. The first-order valence-corrected chi connectivity index (χ1v) is 8.19. The molecule has 2 aromatic rings. The molecule has 0 saturated carbocycles. The predicted octanol–water partition coefficient (Wildman–Crippen LogP) is 4.23. The van der Waals surface area contributed by atoms with Gasteiger partial charge in [-0.05, 0) is 37.1 Å². The number of nitrogens with one attached hydrogen (secondary N) is 1. The van der Waals surface area contributed by atoms with Crippen molar-refractivity contribution in [1.29, 1.82) is 0 Å². The lowest BCUT2D eigenvalue weighted by Gasteiger charge is -2.13. The van der Waals surface area contributed by atoms with E-state index in [-0.39, 0.29) is 30.2 Å². The first-order valence-electron chi connectivity index (χ1n) is 8.19. The number of para-hydroxylation sites is 1. The molecule has 1 amide bonds. The molecule has 0 bridgehead atoms. The maximum Gasteiger partial charge on any atom is 0.573 e. The minimum atomic E-state index is -4.77. The molecule has 4 nitrogen and oxygen atoms in total. The molecule has 0 radical (unpaired) electrons. The summed E-state index contributed by atoms with van der Waals surface area (Å²) in [7, 11) is 0. The number of carbonyl (C=O) groups is 1. The van der Waals surface area contributed by atoms with Crippen molar-refractivity contribution in [2.24, 2.45) is 0 Å². The van der Waals surface area contributed by atoms with Crippen LogP contribution in [0, 0.1) is 0 Å². The van der Waals surface area contributed by atoms with Crippen LogP contribution in [0.15, 0.2) is 48.5 Å². The van der Waals surface area contributed by atoms with Crippen LogP contribution in [-0.2, 0) is 17.8 Å². The summed E-state index contributed by atoms with van der Waals surface area (Å²) in [6, 6.07) is 13.2. The first kappa shape index (κ1) is 19.6. The van der Waals surface area contributed by atoms with Crippen molar-refractivity contribution in [2.75, 3.05) is 6.61 Å². The molecule has 0 aromatic heterocycles. The molecule has 1 N–H and O–H groups in total. The third-order valence-electron chi connectivity index (χ3n) is 3.55. The molecular weight excluding hydrogens is 347 g/mol. The Kier molecular flexibility index (Phi) is 6.89. The molecule has 0 fully saturated rings. The topological polar surface area (TPSA) is 47.6 Å². The Labute approximate surface area is 149 Å². The molecule has 0 unspecified atom stereocenters. The number of amides is 1. The zero-order chi connectivity index (χ0) is 19.0. The lowest BCUT2D eigenvalue weighted by Crippen LogP contribution is -2.24. The second kappa shape index (κ2) is 9.12. The number of aryl methyl sites for hydroxylation is 1. The van der Waals surface area contributed by atoms with Crippen molar-refractivity contribution in [1.82, 2.24) is 5.32 Å². The van der Waals surface area contributed by atoms with E-state index in [1.54, 1.807) is 6.07 Å². The van der Waals surface area contributed by atoms with Gasteiger partial charge >= 0.3 is 6.36 Å². The summed E-state index contributed by atoms with van der Waals surface area (Å²) in [4.78, 5) is 12.0. The second-order valence-electron chi connectivity index (χ2n) is 5.51. The van der Waals surface area contributed by atoms with Crippen LogP contribution in [0.3, 0.4) is 0 Å². The van der Waals surface area contributed by atoms with E-state index < -0.39 is 6.36 Å². The van der Waals surface area contributed by atoms with Gasteiger partial charge in [-0.15, -0.1) is 13.2 Å². The van der Waals surface area contributed by atoms with Crippen LogP contribution in [0.2, 0.25) is 0 Å². The molecule has 0 aliphatic rings. The van der Waals surface area contributed by atoms with E-state index in [0.29, 0.717) is 13.0 Å². The van der Waals surface area contributed by atoms with Crippen molar-refractivity contribution in [3.8, 4) is 11.5 Å². The quantitative estimate of drug-likeness (QED) is 0.759. The summed E-state index contributed by atoms with van der Waals surface area (Å²) < 4.78 is 46.5. The summed E-state index contributed by atoms with van der Waals surface area (Å²) >= 11 is 0. The van der Waals surface area contributed by atoms with Crippen LogP contribution in [0.4, 0.5) is 13.2 Å². The number of rotatable bonds is 8. The summed E-state index contributed by atoms with van der Waals surface area (Å²) in [6.07, 6.45) is -4.01. The van der Waals surface area contributed by atoms with Crippen LogP contribution < -0.4 is 14.8 Å².